The Hall–Kier alpha value is -1.94. The molecule has 0 radical (unpaired) electrons. The summed E-state index contributed by atoms with van der Waals surface area (Å²) in [5.41, 5.74) is 2.02. The number of carboxylic acid groups (broad SMARTS) is 1. The SMILES string of the molecule is Cc1cc(C=Cc2ccc(C(=O)O)s2)ccn1. The molecule has 0 bridgehead atoms. The zero-order valence-corrected chi connectivity index (χ0v) is 10.1. The summed E-state index contributed by atoms with van der Waals surface area (Å²) in [6.45, 7) is 1.94. The summed E-state index contributed by atoms with van der Waals surface area (Å²) in [6.07, 6.45) is 5.62. The van der Waals surface area contributed by atoms with Gasteiger partial charge in [-0.15, -0.1) is 11.3 Å². The third-order valence-corrected chi connectivity index (χ3v) is 3.24. The molecule has 0 fully saturated rings. The van der Waals surface area contributed by atoms with Crippen LogP contribution in [0.1, 0.15) is 25.8 Å². The number of hydrogen-bond donors (Lipinski definition) is 1. The van der Waals surface area contributed by atoms with Crippen molar-refractivity contribution >= 4 is 29.5 Å². The van der Waals surface area contributed by atoms with Crippen molar-refractivity contribution in [2.24, 2.45) is 0 Å². The Balaban J connectivity index is 2.17. The van der Waals surface area contributed by atoms with E-state index in [1.54, 1.807) is 18.3 Å². The molecule has 0 atom stereocenters. The van der Waals surface area contributed by atoms with Crippen molar-refractivity contribution in [1.29, 1.82) is 0 Å². The van der Waals surface area contributed by atoms with Crippen LogP contribution in [0.5, 0.6) is 0 Å². The van der Waals surface area contributed by atoms with E-state index in [4.69, 9.17) is 5.11 Å². The van der Waals surface area contributed by atoms with Crippen LogP contribution in [-0.4, -0.2) is 16.1 Å². The molecule has 1 N–H and O–H groups in total. The van der Waals surface area contributed by atoms with Crippen LogP contribution in [0.3, 0.4) is 0 Å². The van der Waals surface area contributed by atoms with Crippen LogP contribution in [0.2, 0.25) is 0 Å². The average molecular weight is 245 g/mol. The molecular weight excluding hydrogens is 234 g/mol. The normalized spacial score (nSPS) is 10.9. The van der Waals surface area contributed by atoms with Gasteiger partial charge in [0.15, 0.2) is 0 Å². The summed E-state index contributed by atoms with van der Waals surface area (Å²) in [6, 6.07) is 7.31. The third kappa shape index (κ3) is 3.01. The van der Waals surface area contributed by atoms with E-state index in [0.717, 1.165) is 16.1 Å². The average Bonchev–Trinajstić information content (AvgIpc) is 2.75. The second kappa shape index (κ2) is 4.93. The summed E-state index contributed by atoms with van der Waals surface area (Å²) in [4.78, 5) is 16.1. The maximum atomic E-state index is 10.7. The van der Waals surface area contributed by atoms with Crippen molar-refractivity contribution in [1.82, 2.24) is 4.98 Å². The first-order chi connectivity index (χ1) is 8.15. The number of aryl methyl sites for hydroxylation is 1. The molecule has 0 aliphatic rings. The summed E-state index contributed by atoms with van der Waals surface area (Å²) in [5, 5.41) is 8.80. The van der Waals surface area contributed by atoms with Crippen LogP contribution in [0.25, 0.3) is 12.2 Å². The van der Waals surface area contributed by atoms with Gasteiger partial charge in [0.05, 0.1) is 0 Å². The number of nitrogens with zero attached hydrogens (tertiary/aromatic N) is 1. The first-order valence-electron chi connectivity index (χ1n) is 5.09. The number of carboxylic acids is 1. The third-order valence-electron chi connectivity index (χ3n) is 2.20. The van der Waals surface area contributed by atoms with E-state index < -0.39 is 5.97 Å². The number of pyridine rings is 1. The second-order valence-electron chi connectivity index (χ2n) is 3.57. The molecule has 86 valence electrons. The molecule has 0 spiro atoms. The molecular formula is C13H11NO2S. The Labute approximate surface area is 103 Å². The highest BCUT2D eigenvalue weighted by atomic mass is 32.1. The minimum Gasteiger partial charge on any atom is -0.477 e. The molecule has 0 aromatic carbocycles. The standard InChI is InChI=1S/C13H11NO2S/c1-9-8-10(6-7-14-9)2-3-11-4-5-12(17-11)13(15)16/h2-8H,1H3,(H,15,16). The molecule has 3 nitrogen and oxygen atoms in total. The highest BCUT2D eigenvalue weighted by Crippen LogP contribution is 2.19. The van der Waals surface area contributed by atoms with Crippen molar-refractivity contribution in [3.63, 3.8) is 0 Å². The van der Waals surface area contributed by atoms with E-state index in [1.807, 2.05) is 31.2 Å². The van der Waals surface area contributed by atoms with Gasteiger partial charge in [-0.3, -0.25) is 4.98 Å². The minimum atomic E-state index is -0.880. The van der Waals surface area contributed by atoms with Crippen LogP contribution >= 0.6 is 11.3 Å². The lowest BCUT2D eigenvalue weighted by atomic mass is 10.2. The molecule has 0 amide bonds. The van der Waals surface area contributed by atoms with Crippen molar-refractivity contribution in [3.8, 4) is 0 Å². The first-order valence-corrected chi connectivity index (χ1v) is 5.91. The highest BCUT2D eigenvalue weighted by Gasteiger charge is 2.04. The first kappa shape index (κ1) is 11.5. The lowest BCUT2D eigenvalue weighted by Gasteiger charge is -1.93. The highest BCUT2D eigenvalue weighted by molar-refractivity contribution is 7.14. The summed E-state index contributed by atoms with van der Waals surface area (Å²) < 4.78 is 0. The molecule has 2 heterocycles. The van der Waals surface area contributed by atoms with Gasteiger partial charge < -0.3 is 5.11 Å². The maximum Gasteiger partial charge on any atom is 0.345 e. The van der Waals surface area contributed by atoms with Crippen LogP contribution in [0, 0.1) is 6.92 Å². The number of hydrogen-bond acceptors (Lipinski definition) is 3. The molecule has 0 aliphatic carbocycles. The van der Waals surface area contributed by atoms with Gasteiger partial charge in [0, 0.05) is 16.8 Å². The Morgan fingerprint density at radius 3 is 2.82 bits per heavy atom. The Kier molecular flexibility index (Phi) is 3.35. The fourth-order valence-electron chi connectivity index (χ4n) is 1.41. The van der Waals surface area contributed by atoms with Crippen molar-refractivity contribution in [2.45, 2.75) is 6.92 Å². The summed E-state index contributed by atoms with van der Waals surface area (Å²) in [7, 11) is 0. The predicted molar refractivity (Wildman–Crippen MR) is 69.2 cm³/mol. The van der Waals surface area contributed by atoms with E-state index in [1.165, 1.54) is 11.3 Å². The van der Waals surface area contributed by atoms with Crippen LogP contribution < -0.4 is 0 Å². The number of thiophene rings is 1. The van der Waals surface area contributed by atoms with Crippen molar-refractivity contribution in [2.75, 3.05) is 0 Å². The summed E-state index contributed by atoms with van der Waals surface area (Å²) >= 11 is 1.26. The second-order valence-corrected chi connectivity index (χ2v) is 4.69. The number of aromatic nitrogens is 1. The molecule has 2 aromatic heterocycles. The molecule has 4 heteroatoms. The van der Waals surface area contributed by atoms with Gasteiger partial charge in [-0.25, -0.2) is 4.79 Å². The van der Waals surface area contributed by atoms with Crippen LogP contribution in [0.15, 0.2) is 30.5 Å². The Morgan fingerprint density at radius 2 is 2.18 bits per heavy atom. The smallest absolute Gasteiger partial charge is 0.345 e. The molecule has 0 aliphatic heterocycles. The van der Waals surface area contributed by atoms with Crippen molar-refractivity contribution < 1.29 is 9.90 Å². The largest absolute Gasteiger partial charge is 0.477 e. The fraction of sp³-hybridized carbons (Fsp3) is 0.0769. The van der Waals surface area contributed by atoms with Gasteiger partial charge >= 0.3 is 5.97 Å². The topological polar surface area (TPSA) is 50.2 Å². The molecule has 0 saturated carbocycles. The number of carbonyl (C=O) groups is 1. The molecule has 17 heavy (non-hydrogen) atoms. The molecule has 2 aromatic rings. The molecule has 0 unspecified atom stereocenters. The number of aromatic carboxylic acids is 1. The van der Waals surface area contributed by atoms with Gasteiger partial charge in [-0.05, 0) is 42.8 Å². The monoisotopic (exact) mass is 245 g/mol. The van der Waals surface area contributed by atoms with Crippen LogP contribution in [-0.2, 0) is 0 Å². The van der Waals surface area contributed by atoms with E-state index in [-0.39, 0.29) is 0 Å². The molecule has 2 rings (SSSR count). The fourth-order valence-corrected chi connectivity index (χ4v) is 2.16. The van der Waals surface area contributed by atoms with E-state index in [9.17, 15) is 4.79 Å². The number of rotatable bonds is 3. The maximum absolute atomic E-state index is 10.7. The summed E-state index contributed by atoms with van der Waals surface area (Å²) in [5.74, 6) is -0.880. The van der Waals surface area contributed by atoms with E-state index in [2.05, 4.69) is 4.98 Å². The Morgan fingerprint density at radius 1 is 1.35 bits per heavy atom. The van der Waals surface area contributed by atoms with Gasteiger partial charge in [0.1, 0.15) is 4.88 Å². The van der Waals surface area contributed by atoms with Gasteiger partial charge in [-0.1, -0.05) is 6.08 Å². The van der Waals surface area contributed by atoms with Crippen molar-refractivity contribution in [3.05, 3.63) is 51.5 Å². The van der Waals surface area contributed by atoms with Gasteiger partial charge in [-0.2, -0.15) is 0 Å². The van der Waals surface area contributed by atoms with Gasteiger partial charge in [0.25, 0.3) is 0 Å². The lowest BCUT2D eigenvalue weighted by Crippen LogP contribution is -1.89. The zero-order valence-electron chi connectivity index (χ0n) is 9.25. The lowest BCUT2D eigenvalue weighted by molar-refractivity contribution is 0.0702. The zero-order chi connectivity index (χ0) is 12.3. The van der Waals surface area contributed by atoms with Crippen LogP contribution in [0.4, 0.5) is 0 Å². The quantitative estimate of drug-likeness (QED) is 0.902. The minimum absolute atomic E-state index is 0.357. The Bertz CT molecular complexity index is 572. The van der Waals surface area contributed by atoms with E-state index >= 15 is 0 Å². The predicted octanol–water partition coefficient (Wildman–Crippen LogP) is 3.32. The van der Waals surface area contributed by atoms with E-state index in [0.29, 0.717) is 4.88 Å². The molecule has 0 saturated heterocycles. The van der Waals surface area contributed by atoms with Gasteiger partial charge in [0.2, 0.25) is 0 Å².